The van der Waals surface area contributed by atoms with E-state index >= 15 is 0 Å². The summed E-state index contributed by atoms with van der Waals surface area (Å²) in [6.45, 7) is 6.35. The van der Waals surface area contributed by atoms with Gasteiger partial charge in [-0.15, -0.1) is 0 Å². The van der Waals surface area contributed by atoms with Gasteiger partial charge in [0.05, 0.1) is 12.8 Å². The Morgan fingerprint density at radius 3 is 2.36 bits per heavy atom. The molecule has 0 radical (unpaired) electrons. The van der Waals surface area contributed by atoms with E-state index in [4.69, 9.17) is 15.2 Å². The van der Waals surface area contributed by atoms with Crippen LogP contribution in [0.4, 0.5) is 5.69 Å². The fraction of sp³-hybridized carbons (Fsp3) is 0.400. The van der Waals surface area contributed by atoms with Crippen LogP contribution in [-0.4, -0.2) is 51.3 Å². The molecule has 2 N–H and O–H groups in total. The molecule has 0 amide bonds. The number of benzene rings is 2. The first-order valence-electron chi connectivity index (χ1n) is 8.82. The zero-order valence-corrected chi connectivity index (χ0v) is 14.9. The molecule has 1 fully saturated rings. The van der Waals surface area contributed by atoms with Crippen molar-refractivity contribution in [1.29, 1.82) is 0 Å². The average molecular weight is 341 g/mol. The van der Waals surface area contributed by atoms with Crippen LogP contribution in [0.25, 0.3) is 0 Å². The number of piperazine rings is 1. The number of nitrogens with two attached hydrogens (primary N) is 1. The van der Waals surface area contributed by atoms with Crippen molar-refractivity contribution in [2.45, 2.75) is 6.61 Å². The second-order valence-corrected chi connectivity index (χ2v) is 6.22. The summed E-state index contributed by atoms with van der Waals surface area (Å²) >= 11 is 0. The number of para-hydroxylation sites is 2. The van der Waals surface area contributed by atoms with Crippen LogP contribution in [0.2, 0.25) is 0 Å². The minimum absolute atomic E-state index is 0.550. The minimum Gasteiger partial charge on any atom is -0.497 e. The first-order chi connectivity index (χ1) is 12.3. The lowest BCUT2D eigenvalue weighted by atomic mass is 10.2. The third-order valence-corrected chi connectivity index (χ3v) is 4.58. The predicted octanol–water partition coefficient (Wildman–Crippen LogP) is 2.35. The highest BCUT2D eigenvalue weighted by Crippen LogP contribution is 2.29. The van der Waals surface area contributed by atoms with Gasteiger partial charge in [-0.3, -0.25) is 4.90 Å². The highest BCUT2D eigenvalue weighted by molar-refractivity contribution is 5.58. The van der Waals surface area contributed by atoms with Crippen molar-refractivity contribution in [3.8, 4) is 11.5 Å². The van der Waals surface area contributed by atoms with E-state index in [1.165, 1.54) is 5.69 Å². The molecule has 1 heterocycles. The topological polar surface area (TPSA) is 51.0 Å². The van der Waals surface area contributed by atoms with Gasteiger partial charge >= 0.3 is 0 Å². The van der Waals surface area contributed by atoms with Crippen molar-refractivity contribution in [3.05, 3.63) is 54.1 Å². The predicted molar refractivity (Wildman–Crippen MR) is 101 cm³/mol. The van der Waals surface area contributed by atoms with E-state index in [9.17, 15) is 0 Å². The van der Waals surface area contributed by atoms with E-state index in [2.05, 4.69) is 21.9 Å². The Kier molecular flexibility index (Phi) is 6.14. The van der Waals surface area contributed by atoms with Crippen molar-refractivity contribution in [3.63, 3.8) is 0 Å². The SMILES string of the molecule is COc1ccc(COc2ccccc2N2CCN(CCN)CC2)cc1. The van der Waals surface area contributed by atoms with E-state index < -0.39 is 0 Å². The first-order valence-corrected chi connectivity index (χ1v) is 8.82. The minimum atomic E-state index is 0.550. The molecule has 1 saturated heterocycles. The fourth-order valence-corrected chi connectivity index (χ4v) is 3.12. The number of ether oxygens (including phenoxy) is 2. The Bertz CT molecular complexity index is 652. The number of anilines is 1. The van der Waals surface area contributed by atoms with Crippen LogP contribution in [0.3, 0.4) is 0 Å². The van der Waals surface area contributed by atoms with Crippen LogP contribution >= 0.6 is 0 Å². The van der Waals surface area contributed by atoms with Gasteiger partial charge in [-0.25, -0.2) is 0 Å². The Hall–Kier alpha value is -2.24. The highest BCUT2D eigenvalue weighted by atomic mass is 16.5. The number of methoxy groups -OCH3 is 1. The summed E-state index contributed by atoms with van der Waals surface area (Å²) in [5, 5.41) is 0. The van der Waals surface area contributed by atoms with Crippen molar-refractivity contribution in [2.24, 2.45) is 5.73 Å². The molecule has 0 aromatic heterocycles. The largest absolute Gasteiger partial charge is 0.497 e. The summed E-state index contributed by atoms with van der Waals surface area (Å²) in [7, 11) is 1.68. The van der Waals surface area contributed by atoms with Gasteiger partial charge in [0.15, 0.2) is 0 Å². The molecule has 3 rings (SSSR count). The van der Waals surface area contributed by atoms with Gasteiger partial charge in [-0.1, -0.05) is 24.3 Å². The maximum Gasteiger partial charge on any atom is 0.143 e. The molecule has 134 valence electrons. The molecule has 0 spiro atoms. The molecule has 5 heteroatoms. The monoisotopic (exact) mass is 341 g/mol. The van der Waals surface area contributed by atoms with Crippen LogP contribution in [0.15, 0.2) is 48.5 Å². The number of rotatable bonds is 7. The summed E-state index contributed by atoms with van der Waals surface area (Å²) < 4.78 is 11.3. The summed E-state index contributed by atoms with van der Waals surface area (Å²) in [5.41, 5.74) is 7.96. The lowest BCUT2D eigenvalue weighted by molar-refractivity contribution is 0.262. The van der Waals surface area contributed by atoms with E-state index in [-0.39, 0.29) is 0 Å². The number of nitrogens with zero attached hydrogens (tertiary/aromatic N) is 2. The van der Waals surface area contributed by atoms with Gasteiger partial charge in [0.1, 0.15) is 18.1 Å². The van der Waals surface area contributed by atoms with Gasteiger partial charge < -0.3 is 20.1 Å². The lowest BCUT2D eigenvalue weighted by Gasteiger charge is -2.36. The van der Waals surface area contributed by atoms with Gasteiger partial charge in [0.2, 0.25) is 0 Å². The van der Waals surface area contributed by atoms with Crippen LogP contribution in [0.5, 0.6) is 11.5 Å². The molecule has 0 bridgehead atoms. The second kappa shape index (κ2) is 8.74. The smallest absolute Gasteiger partial charge is 0.143 e. The zero-order valence-electron chi connectivity index (χ0n) is 14.9. The average Bonchev–Trinajstić information content (AvgIpc) is 2.68. The van der Waals surface area contributed by atoms with E-state index in [1.807, 2.05) is 36.4 Å². The highest BCUT2D eigenvalue weighted by Gasteiger charge is 2.19. The molecular weight excluding hydrogens is 314 g/mol. The molecular formula is C20H27N3O2. The first kappa shape index (κ1) is 17.6. The Balaban J connectivity index is 1.62. The maximum atomic E-state index is 6.11. The summed E-state index contributed by atoms with van der Waals surface area (Å²) in [5.74, 6) is 1.80. The summed E-state index contributed by atoms with van der Waals surface area (Å²) in [6.07, 6.45) is 0. The molecule has 2 aromatic carbocycles. The van der Waals surface area contributed by atoms with Gasteiger partial charge in [-0.05, 0) is 29.8 Å². The quantitative estimate of drug-likeness (QED) is 0.838. The zero-order chi connectivity index (χ0) is 17.5. The van der Waals surface area contributed by atoms with Crippen molar-refractivity contribution in [1.82, 2.24) is 4.90 Å². The molecule has 2 aromatic rings. The summed E-state index contributed by atoms with van der Waals surface area (Å²) in [6, 6.07) is 16.3. The molecule has 5 nitrogen and oxygen atoms in total. The van der Waals surface area contributed by atoms with Crippen molar-refractivity contribution < 1.29 is 9.47 Å². The standard InChI is InChI=1S/C20H27N3O2/c1-24-18-8-6-17(7-9-18)16-25-20-5-3-2-4-19(20)23-14-12-22(11-10-21)13-15-23/h2-9H,10-16,21H2,1H3. The van der Waals surface area contributed by atoms with Gasteiger partial charge in [0, 0.05) is 39.3 Å². The van der Waals surface area contributed by atoms with Crippen molar-refractivity contribution in [2.75, 3.05) is 51.3 Å². The third-order valence-electron chi connectivity index (χ3n) is 4.58. The Morgan fingerprint density at radius 1 is 0.960 bits per heavy atom. The van der Waals surface area contributed by atoms with Crippen LogP contribution < -0.4 is 20.1 Å². The molecule has 1 aliphatic rings. The number of hydrogen-bond donors (Lipinski definition) is 1. The maximum absolute atomic E-state index is 6.11. The van der Waals surface area contributed by atoms with Crippen molar-refractivity contribution >= 4 is 5.69 Å². The molecule has 25 heavy (non-hydrogen) atoms. The Labute approximate surface area is 149 Å². The van der Waals surface area contributed by atoms with Crippen LogP contribution in [0, 0.1) is 0 Å². The second-order valence-electron chi connectivity index (χ2n) is 6.22. The molecule has 0 saturated carbocycles. The summed E-state index contributed by atoms with van der Waals surface area (Å²) in [4.78, 5) is 4.81. The Morgan fingerprint density at radius 2 is 1.68 bits per heavy atom. The van der Waals surface area contributed by atoms with E-state index in [1.54, 1.807) is 7.11 Å². The van der Waals surface area contributed by atoms with Crippen LogP contribution in [-0.2, 0) is 6.61 Å². The third kappa shape index (κ3) is 4.65. The molecule has 0 unspecified atom stereocenters. The van der Waals surface area contributed by atoms with Gasteiger partial charge in [-0.2, -0.15) is 0 Å². The lowest BCUT2D eigenvalue weighted by Crippen LogP contribution is -2.47. The van der Waals surface area contributed by atoms with Crippen LogP contribution in [0.1, 0.15) is 5.56 Å². The van der Waals surface area contributed by atoms with Gasteiger partial charge in [0.25, 0.3) is 0 Å². The fourth-order valence-electron chi connectivity index (χ4n) is 3.12. The van der Waals surface area contributed by atoms with E-state index in [0.717, 1.165) is 56.3 Å². The van der Waals surface area contributed by atoms with E-state index in [0.29, 0.717) is 6.61 Å². The molecule has 1 aliphatic heterocycles. The molecule has 0 atom stereocenters. The molecule has 0 aliphatic carbocycles. The normalized spacial score (nSPS) is 15.2. The number of hydrogen-bond acceptors (Lipinski definition) is 5.